The molecule has 24 heavy (non-hydrogen) atoms. The summed E-state index contributed by atoms with van der Waals surface area (Å²) in [6, 6.07) is 4.10. The second-order valence-electron chi connectivity index (χ2n) is 5.68. The molecule has 2 N–H and O–H groups in total. The smallest absolute Gasteiger partial charge is 0.261 e. The van der Waals surface area contributed by atoms with Crippen LogP contribution < -0.4 is 5.32 Å². The van der Waals surface area contributed by atoms with Gasteiger partial charge in [0.05, 0.1) is 11.3 Å². The van der Waals surface area contributed by atoms with Gasteiger partial charge in [-0.05, 0) is 37.0 Å². The van der Waals surface area contributed by atoms with Crippen molar-refractivity contribution in [1.29, 1.82) is 0 Å². The van der Waals surface area contributed by atoms with Crippen LogP contribution in [0.5, 0.6) is 5.75 Å². The molecule has 3 rings (SSSR count). The zero-order valence-electron chi connectivity index (χ0n) is 12.5. The van der Waals surface area contributed by atoms with Gasteiger partial charge in [0.1, 0.15) is 5.75 Å². The zero-order valence-corrected chi connectivity index (χ0v) is 14.9. The molecule has 0 atom stereocenters. The highest BCUT2D eigenvalue weighted by Crippen LogP contribution is 2.31. The van der Waals surface area contributed by atoms with Gasteiger partial charge in [0.2, 0.25) is 0 Å². The van der Waals surface area contributed by atoms with Gasteiger partial charge in [0.15, 0.2) is 20.0 Å². The summed E-state index contributed by atoms with van der Waals surface area (Å²) in [6.45, 7) is 0. The third kappa shape index (κ3) is 3.71. The molecule has 1 aromatic heterocycles. The molecule has 1 fully saturated rings. The Bertz CT molecular complexity index is 875. The highest BCUT2D eigenvalue weighted by molar-refractivity contribution is 7.91. The number of rotatable bonds is 5. The van der Waals surface area contributed by atoms with Crippen molar-refractivity contribution in [3.8, 4) is 5.75 Å². The first kappa shape index (κ1) is 17.2. The normalized spacial score (nSPS) is 15.0. The first-order valence-electron chi connectivity index (χ1n) is 7.33. The van der Waals surface area contributed by atoms with Crippen LogP contribution in [0.3, 0.4) is 0 Å². The predicted octanol–water partition coefficient (Wildman–Crippen LogP) is 3.33. The molecule has 0 unspecified atom stereocenters. The zero-order chi connectivity index (χ0) is 17.3. The summed E-state index contributed by atoms with van der Waals surface area (Å²) in [7, 11) is -3.44. The number of aromatic hydroxyl groups is 1. The fourth-order valence-electron chi connectivity index (χ4n) is 2.37. The molecule has 1 amide bonds. The molecule has 1 aromatic carbocycles. The van der Waals surface area contributed by atoms with Crippen LogP contribution in [0.4, 0.5) is 5.13 Å². The van der Waals surface area contributed by atoms with Crippen molar-refractivity contribution in [3.63, 3.8) is 0 Å². The van der Waals surface area contributed by atoms with Gasteiger partial charge in [-0.2, -0.15) is 0 Å². The lowest BCUT2D eigenvalue weighted by molar-refractivity contribution is 0.102. The minimum Gasteiger partial charge on any atom is -0.507 e. The van der Waals surface area contributed by atoms with Crippen LogP contribution in [0.15, 0.2) is 28.6 Å². The summed E-state index contributed by atoms with van der Waals surface area (Å²) in [6.07, 6.45) is 2.93. The molecule has 0 saturated heterocycles. The number of sulfone groups is 1. The number of hydrogen-bond acceptors (Lipinski definition) is 6. The van der Waals surface area contributed by atoms with E-state index >= 15 is 0 Å². The molecular formula is C15H15ClN2O4S2. The second kappa shape index (κ2) is 6.70. The van der Waals surface area contributed by atoms with Crippen molar-refractivity contribution >= 4 is 43.8 Å². The summed E-state index contributed by atoms with van der Waals surface area (Å²) in [4.78, 5) is 16.2. The number of carbonyl (C=O) groups excluding carboxylic acids is 1. The van der Waals surface area contributed by atoms with E-state index in [4.69, 9.17) is 11.6 Å². The van der Waals surface area contributed by atoms with Crippen molar-refractivity contribution in [3.05, 3.63) is 34.2 Å². The SMILES string of the molecule is O=C(Nc1nc(S(=O)(=O)CC2CCC2)cs1)c1cc(Cl)ccc1O. The third-order valence-corrected chi connectivity index (χ3v) is 6.80. The Morgan fingerprint density at radius 2 is 2.17 bits per heavy atom. The number of aromatic nitrogens is 1. The molecule has 9 heteroatoms. The molecule has 1 heterocycles. The van der Waals surface area contributed by atoms with E-state index < -0.39 is 15.7 Å². The van der Waals surface area contributed by atoms with E-state index in [1.165, 1.54) is 23.6 Å². The van der Waals surface area contributed by atoms with Crippen LogP contribution in [-0.2, 0) is 9.84 Å². The fourth-order valence-corrected chi connectivity index (χ4v) is 5.25. The fraction of sp³-hybridized carbons (Fsp3) is 0.333. The average molecular weight is 387 g/mol. The monoisotopic (exact) mass is 386 g/mol. The largest absolute Gasteiger partial charge is 0.507 e. The molecule has 0 spiro atoms. The second-order valence-corrected chi connectivity index (χ2v) is 8.96. The number of carbonyl (C=O) groups is 1. The Balaban J connectivity index is 1.73. The quantitative estimate of drug-likeness (QED) is 0.821. The molecule has 0 aliphatic heterocycles. The number of nitrogens with one attached hydrogen (secondary N) is 1. The van der Waals surface area contributed by atoms with Gasteiger partial charge in [-0.3, -0.25) is 10.1 Å². The highest BCUT2D eigenvalue weighted by atomic mass is 35.5. The molecule has 2 aromatic rings. The van der Waals surface area contributed by atoms with Gasteiger partial charge in [0, 0.05) is 10.4 Å². The van der Waals surface area contributed by atoms with E-state index in [1.54, 1.807) is 0 Å². The van der Waals surface area contributed by atoms with Gasteiger partial charge in [0.25, 0.3) is 5.91 Å². The lowest BCUT2D eigenvalue weighted by Crippen LogP contribution is -2.22. The number of thiazole rings is 1. The number of nitrogens with zero attached hydrogens (tertiary/aromatic N) is 1. The maximum atomic E-state index is 12.3. The molecule has 1 aliphatic rings. The average Bonchev–Trinajstić information content (AvgIpc) is 2.95. The summed E-state index contributed by atoms with van der Waals surface area (Å²) in [5, 5.41) is 14.1. The Morgan fingerprint density at radius 1 is 1.42 bits per heavy atom. The Morgan fingerprint density at radius 3 is 2.83 bits per heavy atom. The number of hydrogen-bond donors (Lipinski definition) is 2. The summed E-state index contributed by atoms with van der Waals surface area (Å²) >= 11 is 6.84. The Kier molecular flexibility index (Phi) is 4.80. The molecule has 6 nitrogen and oxygen atoms in total. The van der Waals surface area contributed by atoms with Crippen LogP contribution >= 0.6 is 22.9 Å². The molecule has 0 radical (unpaired) electrons. The van der Waals surface area contributed by atoms with Crippen molar-refractivity contribution in [1.82, 2.24) is 4.98 Å². The van der Waals surface area contributed by atoms with E-state index in [-0.39, 0.29) is 33.1 Å². The Labute approximate surface area is 148 Å². The standard InChI is InChI=1S/C15H15ClN2O4S2/c16-10-4-5-12(19)11(6-10)14(20)18-15-17-13(7-23-15)24(21,22)8-9-2-1-3-9/h4-7,9,19H,1-3,8H2,(H,17,18,20). The summed E-state index contributed by atoms with van der Waals surface area (Å²) < 4.78 is 24.6. The van der Waals surface area contributed by atoms with Crippen LogP contribution in [-0.4, -0.2) is 30.2 Å². The summed E-state index contributed by atoms with van der Waals surface area (Å²) in [5.74, 6) is -0.518. The highest BCUT2D eigenvalue weighted by Gasteiger charge is 2.27. The maximum Gasteiger partial charge on any atom is 0.261 e. The van der Waals surface area contributed by atoms with Crippen LogP contribution in [0, 0.1) is 5.92 Å². The molecule has 0 bridgehead atoms. The Hall–Kier alpha value is -1.64. The third-order valence-electron chi connectivity index (χ3n) is 3.91. The molecular weight excluding hydrogens is 372 g/mol. The van der Waals surface area contributed by atoms with Gasteiger partial charge in [-0.25, -0.2) is 13.4 Å². The van der Waals surface area contributed by atoms with Crippen LogP contribution in [0.1, 0.15) is 29.6 Å². The van der Waals surface area contributed by atoms with Crippen LogP contribution in [0.25, 0.3) is 0 Å². The van der Waals surface area contributed by atoms with E-state index in [0.717, 1.165) is 30.6 Å². The van der Waals surface area contributed by atoms with Gasteiger partial charge in [-0.1, -0.05) is 18.0 Å². The van der Waals surface area contributed by atoms with E-state index in [2.05, 4.69) is 10.3 Å². The van der Waals surface area contributed by atoms with E-state index in [9.17, 15) is 18.3 Å². The van der Waals surface area contributed by atoms with E-state index in [0.29, 0.717) is 5.02 Å². The lowest BCUT2D eigenvalue weighted by atomic mass is 9.87. The van der Waals surface area contributed by atoms with Crippen molar-refractivity contribution in [2.75, 3.05) is 11.1 Å². The number of benzene rings is 1. The molecule has 128 valence electrons. The van der Waals surface area contributed by atoms with Crippen molar-refractivity contribution < 1.29 is 18.3 Å². The van der Waals surface area contributed by atoms with Gasteiger partial charge in [-0.15, -0.1) is 11.3 Å². The number of phenolic OH excluding ortho intramolecular Hbond substituents is 1. The lowest BCUT2D eigenvalue weighted by Gasteiger charge is -2.24. The number of anilines is 1. The van der Waals surface area contributed by atoms with Crippen molar-refractivity contribution in [2.24, 2.45) is 5.92 Å². The number of amides is 1. The predicted molar refractivity (Wildman–Crippen MR) is 92.6 cm³/mol. The van der Waals surface area contributed by atoms with Crippen molar-refractivity contribution in [2.45, 2.75) is 24.3 Å². The van der Waals surface area contributed by atoms with Gasteiger partial charge < -0.3 is 5.11 Å². The minimum atomic E-state index is -3.44. The van der Waals surface area contributed by atoms with Gasteiger partial charge >= 0.3 is 0 Å². The first-order chi connectivity index (χ1) is 11.3. The molecule has 1 saturated carbocycles. The maximum absolute atomic E-state index is 12.3. The minimum absolute atomic E-state index is 0.00317. The number of halogens is 1. The first-order valence-corrected chi connectivity index (χ1v) is 10.2. The topological polar surface area (TPSA) is 96.4 Å². The number of phenols is 1. The summed E-state index contributed by atoms with van der Waals surface area (Å²) in [5.41, 5.74) is -0.00317. The van der Waals surface area contributed by atoms with Crippen LogP contribution in [0.2, 0.25) is 5.02 Å². The van der Waals surface area contributed by atoms with E-state index in [1.807, 2.05) is 0 Å². The molecule has 1 aliphatic carbocycles.